The van der Waals surface area contributed by atoms with Gasteiger partial charge in [0, 0.05) is 23.3 Å². The van der Waals surface area contributed by atoms with Crippen molar-refractivity contribution in [1.29, 1.82) is 0 Å². The van der Waals surface area contributed by atoms with Crippen molar-refractivity contribution in [2.24, 2.45) is 5.92 Å². The summed E-state index contributed by atoms with van der Waals surface area (Å²) in [5.74, 6) is -1.37. The fourth-order valence-electron chi connectivity index (χ4n) is 1.84. The Kier molecular flexibility index (Phi) is 3.89. The molecule has 0 unspecified atom stereocenters. The van der Waals surface area contributed by atoms with Crippen molar-refractivity contribution in [1.82, 2.24) is 0 Å². The number of hydrogen-bond donors (Lipinski definition) is 2. The summed E-state index contributed by atoms with van der Waals surface area (Å²) < 4.78 is 0. The zero-order valence-electron chi connectivity index (χ0n) is 10.6. The van der Waals surface area contributed by atoms with Crippen LogP contribution >= 0.6 is 11.6 Å². The molecular formula is C12H12ClN3O4. The molecule has 0 bridgehead atoms. The van der Waals surface area contributed by atoms with E-state index < -0.39 is 22.8 Å². The number of carbonyl (C=O) groups excluding carboxylic acids is 2. The minimum atomic E-state index is -0.821. The first-order valence-corrected chi connectivity index (χ1v) is 6.28. The molecule has 0 spiro atoms. The molecule has 0 radical (unpaired) electrons. The topological polar surface area (TPSA) is 101 Å². The number of benzene rings is 1. The van der Waals surface area contributed by atoms with E-state index in [0.29, 0.717) is 16.4 Å². The summed E-state index contributed by atoms with van der Waals surface area (Å²) in [6.45, 7) is 1.34. The number of nitrogens with one attached hydrogen (secondary N) is 2. The molecule has 0 aliphatic heterocycles. The Morgan fingerprint density at radius 1 is 1.35 bits per heavy atom. The Bertz CT molecular complexity index is 590. The van der Waals surface area contributed by atoms with Crippen LogP contribution < -0.4 is 10.6 Å². The van der Waals surface area contributed by atoms with Crippen LogP contribution in [0, 0.1) is 16.0 Å². The van der Waals surface area contributed by atoms with E-state index >= 15 is 0 Å². The van der Waals surface area contributed by atoms with Gasteiger partial charge in [0.15, 0.2) is 0 Å². The van der Waals surface area contributed by atoms with Gasteiger partial charge in [-0.1, -0.05) is 11.6 Å². The Labute approximate surface area is 119 Å². The monoisotopic (exact) mass is 297 g/mol. The molecule has 106 valence electrons. The van der Waals surface area contributed by atoms with Gasteiger partial charge in [-0.15, -0.1) is 0 Å². The number of rotatable bonds is 4. The van der Waals surface area contributed by atoms with E-state index in [9.17, 15) is 19.7 Å². The molecule has 7 nitrogen and oxygen atoms in total. The predicted molar refractivity (Wildman–Crippen MR) is 73.3 cm³/mol. The minimum absolute atomic E-state index is 0.231. The number of anilines is 2. The van der Waals surface area contributed by atoms with Crippen LogP contribution in [0.3, 0.4) is 0 Å². The Morgan fingerprint density at radius 3 is 2.60 bits per heavy atom. The van der Waals surface area contributed by atoms with Crippen LogP contribution in [0.1, 0.15) is 13.3 Å². The highest BCUT2D eigenvalue weighted by Gasteiger charge is 2.53. The van der Waals surface area contributed by atoms with E-state index in [4.69, 9.17) is 11.6 Å². The van der Waals surface area contributed by atoms with Gasteiger partial charge in [0.2, 0.25) is 17.9 Å². The van der Waals surface area contributed by atoms with Gasteiger partial charge in [-0.25, -0.2) is 0 Å². The van der Waals surface area contributed by atoms with Crippen LogP contribution in [0.15, 0.2) is 18.2 Å². The number of nitro groups is 1. The van der Waals surface area contributed by atoms with Crippen molar-refractivity contribution in [3.63, 3.8) is 0 Å². The maximum absolute atomic E-state index is 11.9. The zero-order valence-corrected chi connectivity index (χ0v) is 11.3. The standard InChI is InChI=1S/C12H12ClN3O4/c1-6(17)14-9-3-2-7(13)4-10(9)15-12(18)8-5-11(8)16(19)20/h2-4,8,11H,5H2,1H3,(H,14,17)(H,15,18)/t8-,11+/m1/s1. The lowest BCUT2D eigenvalue weighted by atomic mass is 10.2. The summed E-state index contributed by atoms with van der Waals surface area (Å²) >= 11 is 5.84. The zero-order chi connectivity index (χ0) is 14.9. The summed E-state index contributed by atoms with van der Waals surface area (Å²) in [5, 5.41) is 16.0. The van der Waals surface area contributed by atoms with E-state index in [0.717, 1.165) is 0 Å². The largest absolute Gasteiger partial charge is 0.325 e. The van der Waals surface area contributed by atoms with Gasteiger partial charge < -0.3 is 10.6 Å². The van der Waals surface area contributed by atoms with Crippen molar-refractivity contribution in [2.75, 3.05) is 10.6 Å². The molecule has 0 heterocycles. The number of nitrogens with zero attached hydrogens (tertiary/aromatic N) is 1. The fourth-order valence-corrected chi connectivity index (χ4v) is 2.01. The second kappa shape index (κ2) is 5.46. The van der Waals surface area contributed by atoms with Gasteiger partial charge in [0.05, 0.1) is 11.4 Å². The summed E-state index contributed by atoms with van der Waals surface area (Å²) in [6.07, 6.45) is 0.231. The van der Waals surface area contributed by atoms with Crippen LogP contribution in [0.5, 0.6) is 0 Å². The Hall–Kier alpha value is -2.15. The summed E-state index contributed by atoms with van der Waals surface area (Å²) in [5.41, 5.74) is 0.722. The van der Waals surface area contributed by atoms with E-state index in [1.54, 1.807) is 12.1 Å². The third-order valence-corrected chi connectivity index (χ3v) is 3.15. The molecule has 1 aliphatic rings. The van der Waals surface area contributed by atoms with E-state index in [1.807, 2.05) is 0 Å². The lowest BCUT2D eigenvalue weighted by molar-refractivity contribution is -0.497. The molecule has 1 aromatic rings. The second-order valence-electron chi connectivity index (χ2n) is 4.56. The van der Waals surface area contributed by atoms with Gasteiger partial charge in [-0.05, 0) is 18.2 Å². The maximum Gasteiger partial charge on any atom is 0.234 e. The highest BCUT2D eigenvalue weighted by atomic mass is 35.5. The number of carbonyl (C=O) groups is 2. The molecule has 2 atom stereocenters. The summed E-state index contributed by atoms with van der Waals surface area (Å²) in [6, 6.07) is 3.78. The van der Waals surface area contributed by atoms with Crippen LogP contribution in [-0.2, 0) is 9.59 Å². The lowest BCUT2D eigenvalue weighted by Crippen LogP contribution is -2.19. The summed E-state index contributed by atoms with van der Waals surface area (Å²) in [7, 11) is 0. The molecule has 2 amide bonds. The van der Waals surface area contributed by atoms with Gasteiger partial charge in [-0.3, -0.25) is 19.7 Å². The van der Waals surface area contributed by atoms with Crippen molar-refractivity contribution >= 4 is 34.8 Å². The van der Waals surface area contributed by atoms with Crippen LogP contribution in [0.4, 0.5) is 11.4 Å². The smallest absolute Gasteiger partial charge is 0.234 e. The second-order valence-corrected chi connectivity index (χ2v) is 4.99. The molecular weight excluding hydrogens is 286 g/mol. The highest BCUT2D eigenvalue weighted by molar-refractivity contribution is 6.31. The molecule has 20 heavy (non-hydrogen) atoms. The van der Waals surface area contributed by atoms with Gasteiger partial charge >= 0.3 is 0 Å². The average molecular weight is 298 g/mol. The highest BCUT2D eigenvalue weighted by Crippen LogP contribution is 2.35. The van der Waals surface area contributed by atoms with Crippen LogP contribution in [-0.4, -0.2) is 22.8 Å². The first-order valence-electron chi connectivity index (χ1n) is 5.90. The molecule has 1 aliphatic carbocycles. The maximum atomic E-state index is 11.9. The molecule has 0 saturated heterocycles. The first kappa shape index (κ1) is 14.3. The van der Waals surface area contributed by atoms with Crippen LogP contribution in [0.2, 0.25) is 5.02 Å². The molecule has 2 rings (SSSR count). The molecule has 1 aromatic carbocycles. The fraction of sp³-hybridized carbons (Fsp3) is 0.333. The first-order chi connectivity index (χ1) is 9.38. The van der Waals surface area contributed by atoms with Crippen molar-refractivity contribution in [2.45, 2.75) is 19.4 Å². The number of halogens is 1. The Morgan fingerprint density at radius 2 is 2.05 bits per heavy atom. The number of hydrogen-bond acceptors (Lipinski definition) is 4. The van der Waals surface area contributed by atoms with Crippen molar-refractivity contribution in [3.05, 3.63) is 33.3 Å². The predicted octanol–water partition coefficient (Wildman–Crippen LogP) is 1.90. The Balaban J connectivity index is 2.12. The third kappa shape index (κ3) is 3.24. The van der Waals surface area contributed by atoms with E-state index in [1.165, 1.54) is 13.0 Å². The number of amides is 2. The van der Waals surface area contributed by atoms with E-state index in [-0.39, 0.29) is 12.3 Å². The lowest BCUT2D eigenvalue weighted by Gasteiger charge is -2.11. The average Bonchev–Trinajstić information content (AvgIpc) is 3.12. The van der Waals surface area contributed by atoms with Crippen molar-refractivity contribution in [3.8, 4) is 0 Å². The van der Waals surface area contributed by atoms with Gasteiger partial charge in [-0.2, -0.15) is 0 Å². The molecule has 1 fully saturated rings. The molecule has 0 aromatic heterocycles. The van der Waals surface area contributed by atoms with Gasteiger partial charge in [0.25, 0.3) is 0 Å². The quantitative estimate of drug-likeness (QED) is 0.654. The van der Waals surface area contributed by atoms with E-state index in [2.05, 4.69) is 10.6 Å². The minimum Gasteiger partial charge on any atom is -0.325 e. The molecule has 8 heteroatoms. The van der Waals surface area contributed by atoms with Crippen LogP contribution in [0.25, 0.3) is 0 Å². The molecule has 2 N–H and O–H groups in total. The SMILES string of the molecule is CC(=O)Nc1ccc(Cl)cc1NC(=O)[C@@H]1C[C@@H]1[N+](=O)[O-]. The normalized spacial score (nSPS) is 20.1. The third-order valence-electron chi connectivity index (χ3n) is 2.91. The molecule has 1 saturated carbocycles. The van der Waals surface area contributed by atoms with Crippen molar-refractivity contribution < 1.29 is 14.5 Å². The summed E-state index contributed by atoms with van der Waals surface area (Å²) in [4.78, 5) is 33.0. The van der Waals surface area contributed by atoms with Gasteiger partial charge in [0.1, 0.15) is 5.92 Å².